The van der Waals surface area contributed by atoms with E-state index < -0.39 is 22.0 Å². The number of amides is 1. The van der Waals surface area contributed by atoms with Crippen molar-refractivity contribution in [3.8, 4) is 6.07 Å². The molecule has 27 heavy (non-hydrogen) atoms. The van der Waals surface area contributed by atoms with Gasteiger partial charge in [-0.1, -0.05) is 48.5 Å². The molecule has 0 aliphatic heterocycles. The molecule has 0 aliphatic carbocycles. The first-order chi connectivity index (χ1) is 13.0. The molecule has 0 saturated carbocycles. The topological polar surface area (TPSA) is 99.1 Å². The molecular weight excluding hydrogens is 382 g/mol. The smallest absolute Gasteiger partial charge is 0.250 e. The molecular formula is C19H17N3O3S2. The average molecular weight is 399 g/mol. The van der Waals surface area contributed by atoms with Gasteiger partial charge in [-0.3, -0.25) is 4.79 Å². The molecule has 1 heterocycles. The molecule has 3 aromatic rings. The van der Waals surface area contributed by atoms with E-state index in [4.69, 9.17) is 5.26 Å². The molecule has 2 N–H and O–H groups in total. The molecule has 138 valence electrons. The number of carbonyl (C=O) groups is 1. The van der Waals surface area contributed by atoms with E-state index in [0.29, 0.717) is 0 Å². The second kappa shape index (κ2) is 8.31. The Morgan fingerprint density at radius 2 is 1.89 bits per heavy atom. The van der Waals surface area contributed by atoms with Crippen molar-refractivity contribution in [3.05, 3.63) is 65.5 Å². The first-order valence-corrected chi connectivity index (χ1v) is 10.5. The lowest BCUT2D eigenvalue weighted by atomic mass is 10.0. The highest BCUT2D eigenvalue weighted by Gasteiger charge is 2.26. The fourth-order valence-corrected chi connectivity index (χ4v) is 4.91. The van der Waals surface area contributed by atoms with E-state index in [2.05, 4.69) is 10.0 Å². The summed E-state index contributed by atoms with van der Waals surface area (Å²) in [7, 11) is -3.82. The number of nitrogens with zero attached hydrogens (tertiary/aromatic N) is 1. The third kappa shape index (κ3) is 4.71. The van der Waals surface area contributed by atoms with E-state index in [1.165, 1.54) is 6.07 Å². The predicted molar refractivity (Wildman–Crippen MR) is 105 cm³/mol. The highest BCUT2D eigenvalue weighted by Crippen LogP contribution is 2.19. The molecule has 0 radical (unpaired) electrons. The van der Waals surface area contributed by atoms with Crippen LogP contribution in [0, 0.1) is 11.3 Å². The monoisotopic (exact) mass is 399 g/mol. The quantitative estimate of drug-likeness (QED) is 0.596. The van der Waals surface area contributed by atoms with E-state index in [9.17, 15) is 13.2 Å². The third-order valence-corrected chi connectivity index (χ3v) is 6.84. The average Bonchev–Trinajstić information content (AvgIpc) is 3.21. The van der Waals surface area contributed by atoms with Crippen molar-refractivity contribution < 1.29 is 13.2 Å². The molecule has 3 rings (SSSR count). The number of hydrogen-bond donors (Lipinski definition) is 2. The molecule has 1 unspecified atom stereocenters. The van der Waals surface area contributed by atoms with Crippen molar-refractivity contribution >= 4 is 38.0 Å². The van der Waals surface area contributed by atoms with Crippen molar-refractivity contribution in [2.75, 3.05) is 6.54 Å². The molecule has 0 saturated heterocycles. The van der Waals surface area contributed by atoms with E-state index in [1.54, 1.807) is 11.4 Å². The van der Waals surface area contributed by atoms with Gasteiger partial charge >= 0.3 is 0 Å². The summed E-state index contributed by atoms with van der Waals surface area (Å²) in [5.74, 6) is -0.537. The molecule has 2 aromatic carbocycles. The minimum atomic E-state index is -3.82. The molecule has 0 bridgehead atoms. The minimum Gasteiger partial charge on any atom is -0.342 e. The van der Waals surface area contributed by atoms with Crippen molar-refractivity contribution in [1.29, 1.82) is 5.26 Å². The van der Waals surface area contributed by atoms with Gasteiger partial charge in [0.1, 0.15) is 16.8 Å². The Labute approximate surface area is 161 Å². The number of thiophene rings is 1. The number of nitrogens with one attached hydrogen (secondary N) is 2. The summed E-state index contributed by atoms with van der Waals surface area (Å²) in [6.07, 6.45) is 0.173. The fraction of sp³-hybridized carbons (Fsp3) is 0.158. The van der Waals surface area contributed by atoms with Crippen molar-refractivity contribution in [3.63, 3.8) is 0 Å². The number of sulfonamides is 1. The number of carbonyl (C=O) groups excluding carboxylic acids is 1. The molecule has 0 aliphatic rings. The number of fused-ring (bicyclic) bond motifs is 1. The normalized spacial score (nSPS) is 12.4. The van der Waals surface area contributed by atoms with Crippen LogP contribution in [0.25, 0.3) is 10.8 Å². The highest BCUT2D eigenvalue weighted by molar-refractivity contribution is 7.91. The van der Waals surface area contributed by atoms with Gasteiger partial charge in [0.2, 0.25) is 5.91 Å². The highest BCUT2D eigenvalue weighted by atomic mass is 32.2. The van der Waals surface area contributed by atoms with Crippen LogP contribution in [0.2, 0.25) is 0 Å². The summed E-state index contributed by atoms with van der Waals surface area (Å²) in [4.78, 5) is 12.4. The molecule has 6 nitrogen and oxygen atoms in total. The van der Waals surface area contributed by atoms with Crippen LogP contribution >= 0.6 is 11.3 Å². The molecule has 1 amide bonds. The minimum absolute atomic E-state index is 0.138. The predicted octanol–water partition coefficient (Wildman–Crippen LogP) is 2.43. The van der Waals surface area contributed by atoms with E-state index in [0.717, 1.165) is 27.7 Å². The molecule has 0 spiro atoms. The first kappa shape index (κ1) is 19.0. The van der Waals surface area contributed by atoms with Crippen LogP contribution < -0.4 is 10.0 Å². The van der Waals surface area contributed by atoms with Crippen LogP contribution in [0.3, 0.4) is 0 Å². The zero-order valence-corrected chi connectivity index (χ0v) is 15.9. The maximum atomic E-state index is 12.5. The van der Waals surface area contributed by atoms with Crippen LogP contribution in [-0.2, 0) is 21.2 Å². The Kier molecular flexibility index (Phi) is 5.86. The lowest BCUT2D eigenvalue weighted by molar-refractivity contribution is -0.122. The van der Waals surface area contributed by atoms with Gasteiger partial charge in [-0.15, -0.1) is 11.3 Å². The van der Waals surface area contributed by atoms with E-state index >= 15 is 0 Å². The summed E-state index contributed by atoms with van der Waals surface area (Å²) >= 11 is 1.08. The van der Waals surface area contributed by atoms with Gasteiger partial charge < -0.3 is 5.32 Å². The molecule has 8 heteroatoms. The lowest BCUT2D eigenvalue weighted by Gasteiger charge is -2.18. The third-order valence-electron chi connectivity index (χ3n) is 3.97. The second-order valence-electron chi connectivity index (χ2n) is 5.87. The Hall–Kier alpha value is -2.73. The maximum Gasteiger partial charge on any atom is 0.250 e. The summed E-state index contributed by atoms with van der Waals surface area (Å²) in [5.41, 5.74) is 0.819. The summed E-state index contributed by atoms with van der Waals surface area (Å²) in [6, 6.07) is 17.4. The molecule has 0 fully saturated rings. The van der Waals surface area contributed by atoms with Gasteiger partial charge in [-0.2, -0.15) is 9.98 Å². The van der Waals surface area contributed by atoms with Crippen LogP contribution in [0.4, 0.5) is 0 Å². The van der Waals surface area contributed by atoms with Gasteiger partial charge in [-0.25, -0.2) is 8.42 Å². The van der Waals surface area contributed by atoms with Gasteiger partial charge in [0.25, 0.3) is 10.0 Å². The van der Waals surface area contributed by atoms with Gasteiger partial charge in [0.05, 0.1) is 6.07 Å². The number of rotatable bonds is 7. The number of nitriles is 1. The zero-order valence-electron chi connectivity index (χ0n) is 14.3. The van der Waals surface area contributed by atoms with Crippen molar-refractivity contribution in [2.45, 2.75) is 16.7 Å². The second-order valence-corrected chi connectivity index (χ2v) is 8.76. The van der Waals surface area contributed by atoms with Crippen LogP contribution in [-0.4, -0.2) is 26.9 Å². The Balaban J connectivity index is 1.86. The largest absolute Gasteiger partial charge is 0.342 e. The summed E-state index contributed by atoms with van der Waals surface area (Å²) in [5, 5.41) is 14.8. The van der Waals surface area contributed by atoms with Gasteiger partial charge in [0.15, 0.2) is 0 Å². The number of hydrogen-bond acceptors (Lipinski definition) is 5. The zero-order chi connectivity index (χ0) is 19.3. The Morgan fingerprint density at radius 3 is 2.59 bits per heavy atom. The SMILES string of the molecule is N#CCNC(=O)C(Cc1ccc2ccccc2c1)NS(=O)(=O)c1cccs1. The van der Waals surface area contributed by atoms with Crippen molar-refractivity contribution in [1.82, 2.24) is 10.0 Å². The first-order valence-electron chi connectivity index (χ1n) is 8.18. The van der Waals surface area contributed by atoms with E-state index in [1.807, 2.05) is 48.5 Å². The Morgan fingerprint density at radius 1 is 1.11 bits per heavy atom. The Bertz CT molecular complexity index is 1090. The molecule has 1 aromatic heterocycles. The standard InChI is InChI=1S/C19H17N3O3S2/c20-9-10-21-19(23)17(22-27(24,25)18-6-3-11-26-18)13-14-7-8-15-4-1-2-5-16(15)12-14/h1-8,11-12,17,22H,10,13H2,(H,21,23). The lowest BCUT2D eigenvalue weighted by Crippen LogP contribution is -2.47. The number of benzene rings is 2. The fourth-order valence-electron chi connectivity index (χ4n) is 2.70. The van der Waals surface area contributed by atoms with Crippen LogP contribution in [0.15, 0.2) is 64.2 Å². The maximum absolute atomic E-state index is 12.5. The summed E-state index contributed by atoms with van der Waals surface area (Å²) in [6.45, 7) is -0.187. The van der Waals surface area contributed by atoms with Gasteiger partial charge in [0, 0.05) is 0 Å². The van der Waals surface area contributed by atoms with Crippen LogP contribution in [0.5, 0.6) is 0 Å². The van der Waals surface area contributed by atoms with Gasteiger partial charge in [-0.05, 0) is 34.2 Å². The summed E-state index contributed by atoms with van der Waals surface area (Å²) < 4.78 is 27.7. The van der Waals surface area contributed by atoms with Crippen molar-refractivity contribution in [2.24, 2.45) is 0 Å². The molecule has 1 atom stereocenters. The van der Waals surface area contributed by atoms with E-state index in [-0.39, 0.29) is 17.2 Å². The van der Waals surface area contributed by atoms with Crippen LogP contribution in [0.1, 0.15) is 5.56 Å².